The van der Waals surface area contributed by atoms with Gasteiger partial charge in [-0.1, -0.05) is 41.6 Å². The molecule has 0 fully saturated rings. The number of aryl methyl sites for hydroxylation is 2. The van der Waals surface area contributed by atoms with Gasteiger partial charge in [0, 0.05) is 25.9 Å². The summed E-state index contributed by atoms with van der Waals surface area (Å²) in [5.74, 6) is 0.958. The summed E-state index contributed by atoms with van der Waals surface area (Å²) in [7, 11) is 1.85. The van der Waals surface area contributed by atoms with Crippen LogP contribution in [-0.4, -0.2) is 32.5 Å². The number of hydrogen-bond donors (Lipinski definition) is 1. The molecule has 2 aromatic rings. The monoisotopic (exact) mass is 299 g/mol. The van der Waals surface area contributed by atoms with Gasteiger partial charge in [-0.2, -0.15) is 0 Å². The van der Waals surface area contributed by atoms with Crippen LogP contribution in [0, 0.1) is 6.92 Å². The third-order valence-electron chi connectivity index (χ3n) is 2.54. The summed E-state index contributed by atoms with van der Waals surface area (Å²) in [5, 5.41) is 15.6. The zero-order valence-electron chi connectivity index (χ0n) is 11.0. The Hall–Kier alpha value is -1.11. The molecule has 0 unspecified atom stereocenters. The first-order valence-electron chi connectivity index (χ1n) is 5.87. The molecule has 19 heavy (non-hydrogen) atoms. The van der Waals surface area contributed by atoms with E-state index in [-0.39, 0.29) is 12.4 Å². The van der Waals surface area contributed by atoms with Crippen LogP contribution in [0.25, 0.3) is 0 Å². The molecule has 0 saturated heterocycles. The van der Waals surface area contributed by atoms with Crippen LogP contribution >= 0.6 is 24.2 Å². The lowest BCUT2D eigenvalue weighted by atomic mass is 10.1. The Morgan fingerprint density at radius 1 is 1.26 bits per heavy atom. The van der Waals surface area contributed by atoms with Crippen LogP contribution in [0.15, 0.2) is 29.4 Å². The second-order valence-corrected chi connectivity index (χ2v) is 5.16. The van der Waals surface area contributed by atoms with Crippen molar-refractivity contribution in [2.45, 2.75) is 18.6 Å². The third kappa shape index (κ3) is 5.18. The van der Waals surface area contributed by atoms with Crippen LogP contribution in [0.1, 0.15) is 11.1 Å². The summed E-state index contributed by atoms with van der Waals surface area (Å²) >= 11 is 1.66. The van der Waals surface area contributed by atoms with Crippen LogP contribution < -0.4 is 5.32 Å². The van der Waals surface area contributed by atoms with E-state index >= 15 is 0 Å². The number of benzene rings is 1. The molecule has 1 N–H and O–H groups in total. The maximum atomic E-state index is 3.92. The number of nitrogens with one attached hydrogen (secondary N) is 1. The van der Waals surface area contributed by atoms with Gasteiger partial charge in [-0.15, -0.1) is 17.5 Å². The zero-order valence-corrected chi connectivity index (χ0v) is 12.7. The van der Waals surface area contributed by atoms with Gasteiger partial charge in [0.05, 0.1) is 0 Å². The molecule has 1 aromatic heterocycles. The molecule has 0 atom stereocenters. The van der Waals surface area contributed by atoms with Crippen molar-refractivity contribution in [1.82, 2.24) is 25.5 Å². The van der Waals surface area contributed by atoms with Crippen LogP contribution in [0.4, 0.5) is 0 Å². The van der Waals surface area contributed by atoms with Crippen LogP contribution in [0.5, 0.6) is 0 Å². The minimum absolute atomic E-state index is 0. The first kappa shape index (κ1) is 15.9. The van der Waals surface area contributed by atoms with Gasteiger partial charge in [-0.05, 0) is 22.9 Å². The molecule has 0 aliphatic rings. The van der Waals surface area contributed by atoms with Crippen molar-refractivity contribution in [1.29, 1.82) is 0 Å². The van der Waals surface area contributed by atoms with Gasteiger partial charge in [-0.3, -0.25) is 0 Å². The Balaban J connectivity index is 0.00000180. The number of halogens is 1. The maximum Gasteiger partial charge on any atom is 0.209 e. The second-order valence-electron chi connectivity index (χ2n) is 4.10. The summed E-state index contributed by atoms with van der Waals surface area (Å²) in [4.78, 5) is 0. The molecule has 0 saturated carbocycles. The fraction of sp³-hybridized carbons (Fsp3) is 0.417. The number of rotatable bonds is 6. The topological polar surface area (TPSA) is 55.6 Å². The first-order chi connectivity index (χ1) is 8.75. The smallest absolute Gasteiger partial charge is 0.209 e. The average Bonchev–Trinajstić information content (AvgIpc) is 2.77. The number of aromatic nitrogens is 4. The highest BCUT2D eigenvalue weighted by molar-refractivity contribution is 7.99. The molecule has 0 radical (unpaired) electrons. The van der Waals surface area contributed by atoms with E-state index in [4.69, 9.17) is 0 Å². The van der Waals surface area contributed by atoms with Crippen molar-refractivity contribution in [3.63, 3.8) is 0 Å². The molecule has 1 aromatic carbocycles. The summed E-state index contributed by atoms with van der Waals surface area (Å²) in [6.07, 6.45) is 0. The molecule has 0 aliphatic heterocycles. The van der Waals surface area contributed by atoms with Gasteiger partial charge in [0.2, 0.25) is 5.16 Å². The summed E-state index contributed by atoms with van der Waals surface area (Å²) in [5.41, 5.74) is 2.61. The van der Waals surface area contributed by atoms with E-state index in [1.54, 1.807) is 16.4 Å². The van der Waals surface area contributed by atoms with Crippen LogP contribution in [0.2, 0.25) is 0 Å². The fourth-order valence-corrected chi connectivity index (χ4v) is 2.24. The Morgan fingerprint density at radius 3 is 2.63 bits per heavy atom. The van der Waals surface area contributed by atoms with Crippen molar-refractivity contribution in [3.8, 4) is 0 Å². The zero-order chi connectivity index (χ0) is 12.8. The van der Waals surface area contributed by atoms with E-state index in [0.29, 0.717) is 0 Å². The maximum absolute atomic E-state index is 3.92. The molecule has 5 nitrogen and oxygen atoms in total. The van der Waals surface area contributed by atoms with E-state index < -0.39 is 0 Å². The molecule has 7 heteroatoms. The average molecular weight is 300 g/mol. The molecule has 0 spiro atoms. The highest BCUT2D eigenvalue weighted by Gasteiger charge is 2.01. The molecular formula is C12H18ClN5S. The van der Waals surface area contributed by atoms with Gasteiger partial charge >= 0.3 is 0 Å². The van der Waals surface area contributed by atoms with Gasteiger partial charge < -0.3 is 5.32 Å². The SMILES string of the molecule is Cc1ccc(CNCCSc2nnnn2C)cc1.Cl. The van der Waals surface area contributed by atoms with Crippen molar-refractivity contribution >= 4 is 24.2 Å². The Bertz CT molecular complexity index is 485. The van der Waals surface area contributed by atoms with E-state index in [2.05, 4.69) is 52.0 Å². The van der Waals surface area contributed by atoms with E-state index in [9.17, 15) is 0 Å². The highest BCUT2D eigenvalue weighted by atomic mass is 35.5. The van der Waals surface area contributed by atoms with E-state index in [1.165, 1.54) is 11.1 Å². The van der Waals surface area contributed by atoms with Crippen LogP contribution in [0.3, 0.4) is 0 Å². The van der Waals surface area contributed by atoms with Crippen molar-refractivity contribution in [2.24, 2.45) is 7.05 Å². The minimum Gasteiger partial charge on any atom is -0.312 e. The predicted octanol–water partition coefficient (Wildman–Crippen LogP) is 1.82. The summed E-state index contributed by atoms with van der Waals surface area (Å²) in [6.45, 7) is 3.94. The third-order valence-corrected chi connectivity index (χ3v) is 3.55. The first-order valence-corrected chi connectivity index (χ1v) is 6.85. The number of tetrazole rings is 1. The molecule has 0 aliphatic carbocycles. The molecule has 0 amide bonds. The fourth-order valence-electron chi connectivity index (χ4n) is 1.50. The summed E-state index contributed by atoms with van der Waals surface area (Å²) in [6, 6.07) is 8.58. The van der Waals surface area contributed by atoms with Gasteiger partial charge in [0.1, 0.15) is 0 Å². The molecule has 1 heterocycles. The van der Waals surface area contributed by atoms with Crippen molar-refractivity contribution < 1.29 is 0 Å². The van der Waals surface area contributed by atoms with Gasteiger partial charge in [-0.25, -0.2) is 4.68 Å². The number of nitrogens with zero attached hydrogens (tertiary/aromatic N) is 4. The molecular weight excluding hydrogens is 282 g/mol. The number of thioether (sulfide) groups is 1. The van der Waals surface area contributed by atoms with E-state index in [0.717, 1.165) is 24.0 Å². The molecule has 0 bridgehead atoms. The van der Waals surface area contributed by atoms with Gasteiger partial charge in [0.25, 0.3) is 0 Å². The van der Waals surface area contributed by atoms with Crippen LogP contribution in [-0.2, 0) is 13.6 Å². The normalized spacial score (nSPS) is 10.2. The van der Waals surface area contributed by atoms with Crippen molar-refractivity contribution in [2.75, 3.05) is 12.3 Å². The standard InChI is InChI=1S/C12H17N5S.ClH/c1-10-3-5-11(6-4-10)9-13-7-8-18-12-14-15-16-17(12)2;/h3-6,13H,7-9H2,1-2H3;1H. The summed E-state index contributed by atoms with van der Waals surface area (Å²) < 4.78 is 1.69. The number of hydrogen-bond acceptors (Lipinski definition) is 5. The highest BCUT2D eigenvalue weighted by Crippen LogP contribution is 2.10. The second kappa shape index (κ2) is 8.14. The lowest BCUT2D eigenvalue weighted by Crippen LogP contribution is -2.16. The largest absolute Gasteiger partial charge is 0.312 e. The lowest BCUT2D eigenvalue weighted by molar-refractivity contribution is 0.663. The quantitative estimate of drug-likeness (QED) is 0.651. The van der Waals surface area contributed by atoms with Crippen molar-refractivity contribution in [3.05, 3.63) is 35.4 Å². The van der Waals surface area contributed by atoms with E-state index in [1.807, 2.05) is 7.05 Å². The molecule has 2 rings (SSSR count). The lowest BCUT2D eigenvalue weighted by Gasteiger charge is -2.04. The molecule has 104 valence electrons. The van der Waals surface area contributed by atoms with Gasteiger partial charge in [0.15, 0.2) is 0 Å². The predicted molar refractivity (Wildman–Crippen MR) is 79.7 cm³/mol. The Labute approximate surface area is 123 Å². The Kier molecular flexibility index (Phi) is 6.83. The minimum atomic E-state index is 0. The Morgan fingerprint density at radius 2 is 2.00 bits per heavy atom.